The van der Waals surface area contributed by atoms with Crippen LogP contribution < -0.4 is 5.32 Å². The van der Waals surface area contributed by atoms with Gasteiger partial charge < -0.3 is 10.4 Å². The van der Waals surface area contributed by atoms with E-state index in [2.05, 4.69) is 14.9 Å². The molecule has 0 aliphatic rings. The van der Waals surface area contributed by atoms with E-state index in [1.807, 2.05) is 13.8 Å². The summed E-state index contributed by atoms with van der Waals surface area (Å²) in [6, 6.07) is -0.848. The van der Waals surface area contributed by atoms with Gasteiger partial charge in [-0.25, -0.2) is 4.79 Å². The van der Waals surface area contributed by atoms with Gasteiger partial charge in [-0.1, -0.05) is 24.8 Å². The summed E-state index contributed by atoms with van der Waals surface area (Å²) in [6.45, 7) is 3.74. The van der Waals surface area contributed by atoms with Gasteiger partial charge in [0.2, 0.25) is 0 Å². The number of carboxylic acids is 1. The van der Waals surface area contributed by atoms with Gasteiger partial charge in [-0.2, -0.15) is 0 Å². The van der Waals surface area contributed by atoms with Crippen molar-refractivity contribution in [2.75, 3.05) is 0 Å². The van der Waals surface area contributed by atoms with E-state index in [1.54, 1.807) is 0 Å². The first-order valence-electron chi connectivity index (χ1n) is 5.45. The van der Waals surface area contributed by atoms with Crippen molar-refractivity contribution < 1.29 is 14.7 Å². The minimum Gasteiger partial charge on any atom is -0.480 e. The lowest BCUT2D eigenvalue weighted by molar-refractivity contribution is -0.139. The van der Waals surface area contributed by atoms with Crippen LogP contribution in [0.3, 0.4) is 0 Å². The number of carbonyl (C=O) groups excluding carboxylic acids is 1. The number of rotatable bonds is 6. The summed E-state index contributed by atoms with van der Waals surface area (Å²) in [6.07, 6.45) is 1.71. The number of amides is 1. The second-order valence-electron chi connectivity index (χ2n) is 3.56. The Morgan fingerprint density at radius 3 is 2.71 bits per heavy atom. The van der Waals surface area contributed by atoms with Crippen molar-refractivity contribution in [3.8, 4) is 0 Å². The van der Waals surface area contributed by atoms with Crippen molar-refractivity contribution in [2.45, 2.75) is 39.2 Å². The summed E-state index contributed by atoms with van der Waals surface area (Å²) in [5.41, 5.74) is 0.605. The Bertz CT molecular complexity index is 405. The lowest BCUT2D eigenvalue weighted by Crippen LogP contribution is -2.40. The van der Waals surface area contributed by atoms with Crippen LogP contribution >= 0.6 is 11.5 Å². The third kappa shape index (κ3) is 3.48. The summed E-state index contributed by atoms with van der Waals surface area (Å²) in [4.78, 5) is 23.1. The number of carboxylic acid groups (broad SMARTS) is 1. The highest BCUT2D eigenvalue weighted by atomic mass is 32.1. The van der Waals surface area contributed by atoms with Crippen LogP contribution in [0.1, 0.15) is 42.1 Å². The normalized spacial score (nSPS) is 12.1. The van der Waals surface area contributed by atoms with Gasteiger partial charge in [0.1, 0.15) is 10.9 Å². The lowest BCUT2D eigenvalue weighted by atomic mass is 10.1. The molecule has 1 amide bonds. The van der Waals surface area contributed by atoms with Gasteiger partial charge in [-0.05, 0) is 24.4 Å². The van der Waals surface area contributed by atoms with E-state index in [-0.39, 0.29) is 0 Å². The molecule has 0 unspecified atom stereocenters. The maximum atomic E-state index is 11.8. The second-order valence-corrected chi connectivity index (χ2v) is 4.31. The molecular weight excluding hydrogens is 242 g/mol. The molecule has 94 valence electrons. The highest BCUT2D eigenvalue weighted by molar-refractivity contribution is 7.08. The third-order valence-corrected chi connectivity index (χ3v) is 3.04. The van der Waals surface area contributed by atoms with Gasteiger partial charge in [-0.3, -0.25) is 4.79 Å². The van der Waals surface area contributed by atoms with E-state index in [1.165, 1.54) is 0 Å². The highest BCUT2D eigenvalue weighted by Gasteiger charge is 2.22. The largest absolute Gasteiger partial charge is 0.480 e. The lowest BCUT2D eigenvalue weighted by Gasteiger charge is -2.12. The van der Waals surface area contributed by atoms with Crippen molar-refractivity contribution in [1.29, 1.82) is 0 Å². The number of aliphatic carboxylic acids is 1. The molecule has 1 aromatic rings. The van der Waals surface area contributed by atoms with Crippen molar-refractivity contribution in [1.82, 2.24) is 14.9 Å². The highest BCUT2D eigenvalue weighted by Crippen LogP contribution is 2.11. The predicted octanol–water partition coefficient (Wildman–Crippen LogP) is 1.08. The van der Waals surface area contributed by atoms with Gasteiger partial charge in [0.05, 0.1) is 5.69 Å². The number of hydrogen-bond donors (Lipinski definition) is 2. The van der Waals surface area contributed by atoms with E-state index < -0.39 is 17.9 Å². The van der Waals surface area contributed by atoms with Crippen molar-refractivity contribution in [2.24, 2.45) is 0 Å². The summed E-state index contributed by atoms with van der Waals surface area (Å²) < 4.78 is 3.70. The minimum absolute atomic E-state index is 0.398. The molecule has 0 aliphatic heterocycles. The standard InChI is InChI=1S/C10H15N3O3S/c1-3-5-7(10(15)16)11-9(14)8-6(4-2)12-13-17-8/h7H,3-5H2,1-2H3,(H,11,14)(H,15,16)/t7-/m0/s1. The number of hydrogen-bond acceptors (Lipinski definition) is 5. The van der Waals surface area contributed by atoms with Gasteiger partial charge in [0, 0.05) is 0 Å². The first-order chi connectivity index (χ1) is 8.10. The molecule has 0 saturated heterocycles. The van der Waals surface area contributed by atoms with Crippen molar-refractivity contribution >= 4 is 23.4 Å². The van der Waals surface area contributed by atoms with Gasteiger partial charge in [0.15, 0.2) is 0 Å². The number of aromatic nitrogens is 2. The van der Waals surface area contributed by atoms with Gasteiger partial charge in [0.25, 0.3) is 5.91 Å². The van der Waals surface area contributed by atoms with E-state index in [4.69, 9.17) is 5.11 Å². The Morgan fingerprint density at radius 1 is 1.47 bits per heavy atom. The molecule has 0 aliphatic carbocycles. The zero-order valence-corrected chi connectivity index (χ0v) is 10.6. The van der Waals surface area contributed by atoms with Crippen LogP contribution in [0.15, 0.2) is 0 Å². The molecule has 0 radical (unpaired) electrons. The Morgan fingerprint density at radius 2 is 2.18 bits per heavy atom. The van der Waals surface area contributed by atoms with Gasteiger partial charge in [-0.15, -0.1) is 5.10 Å². The maximum absolute atomic E-state index is 11.8. The smallest absolute Gasteiger partial charge is 0.326 e. The number of carbonyl (C=O) groups is 2. The molecule has 1 aromatic heterocycles. The molecule has 0 fully saturated rings. The summed E-state index contributed by atoms with van der Waals surface area (Å²) in [5, 5.41) is 15.2. The molecule has 0 bridgehead atoms. The van der Waals surface area contributed by atoms with Crippen LogP contribution in [0.2, 0.25) is 0 Å². The third-order valence-electron chi connectivity index (χ3n) is 2.28. The predicted molar refractivity (Wildman–Crippen MR) is 63.1 cm³/mol. The fourth-order valence-corrected chi connectivity index (χ4v) is 2.04. The average molecular weight is 257 g/mol. The first-order valence-corrected chi connectivity index (χ1v) is 6.22. The molecule has 17 heavy (non-hydrogen) atoms. The number of nitrogens with zero attached hydrogens (tertiary/aromatic N) is 2. The first kappa shape index (κ1) is 13.6. The van der Waals surface area contributed by atoms with Crippen LogP contribution in [-0.2, 0) is 11.2 Å². The van der Waals surface area contributed by atoms with E-state index >= 15 is 0 Å². The molecule has 6 nitrogen and oxygen atoms in total. The molecule has 7 heteroatoms. The Kier molecular flexibility index (Phi) is 5.02. The number of aryl methyl sites for hydroxylation is 1. The quantitative estimate of drug-likeness (QED) is 0.795. The zero-order valence-electron chi connectivity index (χ0n) is 9.77. The Hall–Kier alpha value is -1.50. The van der Waals surface area contributed by atoms with Crippen LogP contribution in [0, 0.1) is 0 Å². The monoisotopic (exact) mass is 257 g/mol. The Labute approximate surface area is 103 Å². The van der Waals surface area contributed by atoms with E-state index in [0.717, 1.165) is 11.5 Å². The second kappa shape index (κ2) is 6.29. The topological polar surface area (TPSA) is 92.2 Å². The molecule has 1 heterocycles. The average Bonchev–Trinajstić information content (AvgIpc) is 2.76. The summed E-state index contributed by atoms with van der Waals surface area (Å²) >= 11 is 0.988. The summed E-state index contributed by atoms with van der Waals surface area (Å²) in [5.74, 6) is -1.42. The molecule has 1 rings (SSSR count). The minimum atomic E-state index is -1.02. The Balaban J connectivity index is 2.73. The zero-order chi connectivity index (χ0) is 12.8. The molecule has 2 N–H and O–H groups in total. The fourth-order valence-electron chi connectivity index (χ4n) is 1.38. The molecule has 0 saturated carbocycles. The number of nitrogens with one attached hydrogen (secondary N) is 1. The molecule has 1 atom stereocenters. The van der Waals surface area contributed by atoms with Crippen LogP contribution in [0.25, 0.3) is 0 Å². The van der Waals surface area contributed by atoms with Crippen LogP contribution in [0.5, 0.6) is 0 Å². The molecule has 0 aromatic carbocycles. The van der Waals surface area contributed by atoms with Crippen molar-refractivity contribution in [3.63, 3.8) is 0 Å². The van der Waals surface area contributed by atoms with Gasteiger partial charge >= 0.3 is 5.97 Å². The van der Waals surface area contributed by atoms with E-state index in [9.17, 15) is 9.59 Å². The summed E-state index contributed by atoms with van der Waals surface area (Å²) in [7, 11) is 0. The van der Waals surface area contributed by atoms with Crippen molar-refractivity contribution in [3.05, 3.63) is 10.6 Å². The molecule has 0 spiro atoms. The van der Waals surface area contributed by atoms with Crippen LogP contribution in [-0.4, -0.2) is 32.6 Å². The fraction of sp³-hybridized carbons (Fsp3) is 0.600. The maximum Gasteiger partial charge on any atom is 0.326 e. The van der Waals surface area contributed by atoms with Crippen LogP contribution in [0.4, 0.5) is 0 Å². The van der Waals surface area contributed by atoms with E-state index in [0.29, 0.717) is 29.8 Å². The SMILES string of the molecule is CCC[C@H](NC(=O)c1snnc1CC)C(=O)O. The molecular formula is C10H15N3O3S.